The highest BCUT2D eigenvalue weighted by atomic mass is 32.1. The van der Waals surface area contributed by atoms with Crippen molar-refractivity contribution in [3.8, 4) is 5.75 Å². The smallest absolute Gasteiger partial charge is 0.224 e. The molecule has 2 heterocycles. The monoisotopic (exact) mass is 332 g/mol. The zero-order chi connectivity index (χ0) is 16.2. The van der Waals surface area contributed by atoms with E-state index in [-0.39, 0.29) is 24.0 Å². The van der Waals surface area contributed by atoms with Gasteiger partial charge in [0.2, 0.25) is 5.91 Å². The Morgan fingerprint density at radius 3 is 3.00 bits per heavy atom. The van der Waals surface area contributed by atoms with Crippen molar-refractivity contribution in [2.45, 2.75) is 31.4 Å². The van der Waals surface area contributed by atoms with Crippen molar-refractivity contribution in [2.24, 2.45) is 5.92 Å². The van der Waals surface area contributed by atoms with Crippen LogP contribution >= 0.6 is 11.3 Å². The zero-order valence-electron chi connectivity index (χ0n) is 12.9. The molecule has 1 fully saturated rings. The molecule has 1 saturated carbocycles. The number of nitrogens with one attached hydrogen (secondary N) is 1. The maximum atomic E-state index is 12.4. The highest BCUT2D eigenvalue weighted by Crippen LogP contribution is 2.38. The summed E-state index contributed by atoms with van der Waals surface area (Å²) in [6.07, 6.45) is 4.88. The second-order valence-corrected chi connectivity index (χ2v) is 6.68. The van der Waals surface area contributed by atoms with Crippen LogP contribution in [0.15, 0.2) is 35.3 Å². The van der Waals surface area contributed by atoms with E-state index in [1.165, 1.54) is 0 Å². The number of hydrogen-bond acceptors (Lipinski definition) is 5. The quantitative estimate of drug-likeness (QED) is 0.852. The van der Waals surface area contributed by atoms with E-state index < -0.39 is 0 Å². The molecule has 1 atom stereocenters. The van der Waals surface area contributed by atoms with E-state index in [2.05, 4.69) is 10.3 Å². The van der Waals surface area contributed by atoms with E-state index in [0.717, 1.165) is 11.1 Å². The Balaban J connectivity index is 1.74. The number of ether oxygens (including phenoxy) is 1. The molecule has 2 N–H and O–H groups in total. The second-order valence-electron chi connectivity index (χ2n) is 5.90. The topological polar surface area (TPSA) is 71.5 Å². The number of pyridine rings is 1. The van der Waals surface area contributed by atoms with E-state index in [1.807, 2.05) is 22.9 Å². The summed E-state index contributed by atoms with van der Waals surface area (Å²) >= 11 is 1.58. The van der Waals surface area contributed by atoms with E-state index in [9.17, 15) is 9.90 Å². The van der Waals surface area contributed by atoms with E-state index in [4.69, 9.17) is 4.74 Å². The predicted octanol–water partition coefficient (Wildman–Crippen LogP) is 2.32. The van der Waals surface area contributed by atoms with E-state index in [0.29, 0.717) is 25.0 Å². The lowest BCUT2D eigenvalue weighted by Gasteiger charge is -2.38. The van der Waals surface area contributed by atoms with Gasteiger partial charge in [-0.05, 0) is 52.8 Å². The number of methoxy groups -OCH3 is 1. The fourth-order valence-corrected chi connectivity index (χ4v) is 3.56. The fourth-order valence-electron chi connectivity index (χ4n) is 2.90. The van der Waals surface area contributed by atoms with Gasteiger partial charge < -0.3 is 15.2 Å². The van der Waals surface area contributed by atoms with Gasteiger partial charge in [-0.2, -0.15) is 11.3 Å². The number of aliphatic hydroxyl groups is 1. The fraction of sp³-hybridized carbons (Fsp3) is 0.412. The summed E-state index contributed by atoms with van der Waals surface area (Å²) in [5.74, 6) is 0.877. The number of hydrogen-bond donors (Lipinski definition) is 2. The Morgan fingerprint density at radius 2 is 2.35 bits per heavy atom. The minimum absolute atomic E-state index is 0.0161. The van der Waals surface area contributed by atoms with Gasteiger partial charge >= 0.3 is 0 Å². The maximum Gasteiger partial charge on any atom is 0.224 e. The van der Waals surface area contributed by atoms with Crippen LogP contribution < -0.4 is 10.1 Å². The van der Waals surface area contributed by atoms with Crippen LogP contribution in [0.25, 0.3) is 0 Å². The summed E-state index contributed by atoms with van der Waals surface area (Å²) in [6, 6.07) is 3.71. The third kappa shape index (κ3) is 3.89. The van der Waals surface area contributed by atoms with Gasteiger partial charge in [0.05, 0.1) is 31.9 Å². The molecule has 23 heavy (non-hydrogen) atoms. The SMILES string of the molecule is COc1cncc(C(NC(=O)Cc2ccsc2)C2CC(O)C2)c1. The molecule has 0 aliphatic heterocycles. The maximum absolute atomic E-state index is 12.4. The number of aromatic nitrogens is 1. The van der Waals surface area contributed by atoms with E-state index >= 15 is 0 Å². The number of rotatable bonds is 6. The number of nitrogens with zero attached hydrogens (tertiary/aromatic N) is 1. The van der Waals surface area contributed by atoms with Crippen molar-refractivity contribution in [2.75, 3.05) is 7.11 Å². The molecule has 1 aliphatic rings. The molecule has 6 heteroatoms. The highest BCUT2D eigenvalue weighted by molar-refractivity contribution is 7.07. The molecule has 0 bridgehead atoms. The zero-order valence-corrected chi connectivity index (χ0v) is 13.8. The molecule has 0 saturated heterocycles. The van der Waals surface area contributed by atoms with Gasteiger partial charge in [0.25, 0.3) is 0 Å². The third-order valence-corrected chi connectivity index (χ3v) is 4.94. The predicted molar refractivity (Wildman–Crippen MR) is 88.4 cm³/mol. The number of thiophene rings is 1. The third-order valence-electron chi connectivity index (χ3n) is 4.21. The summed E-state index contributed by atoms with van der Waals surface area (Å²) in [7, 11) is 1.60. The number of amides is 1. The Hall–Kier alpha value is -1.92. The Kier molecular flexibility index (Phi) is 4.93. The first kappa shape index (κ1) is 16.0. The highest BCUT2D eigenvalue weighted by Gasteiger charge is 2.36. The average Bonchev–Trinajstić information content (AvgIpc) is 3.03. The molecule has 2 aromatic heterocycles. The van der Waals surface area contributed by atoms with Crippen LogP contribution in [0.2, 0.25) is 0 Å². The van der Waals surface area contributed by atoms with Crippen molar-refractivity contribution in [1.82, 2.24) is 10.3 Å². The Labute approximate surface area is 139 Å². The Morgan fingerprint density at radius 1 is 1.52 bits per heavy atom. The molecule has 1 unspecified atom stereocenters. The summed E-state index contributed by atoms with van der Waals surface area (Å²) in [4.78, 5) is 16.5. The molecular formula is C17H20N2O3S. The molecular weight excluding hydrogens is 312 g/mol. The molecule has 5 nitrogen and oxygen atoms in total. The van der Waals surface area contributed by atoms with Gasteiger partial charge in [0, 0.05) is 6.20 Å². The number of aliphatic hydroxyl groups excluding tert-OH is 1. The van der Waals surface area contributed by atoms with Crippen molar-refractivity contribution in [3.63, 3.8) is 0 Å². The largest absolute Gasteiger partial charge is 0.495 e. The van der Waals surface area contributed by atoms with Crippen LogP contribution in [-0.2, 0) is 11.2 Å². The molecule has 3 rings (SSSR count). The average molecular weight is 332 g/mol. The molecule has 122 valence electrons. The van der Waals surface area contributed by atoms with Crippen molar-refractivity contribution in [1.29, 1.82) is 0 Å². The van der Waals surface area contributed by atoms with Gasteiger partial charge in [0.1, 0.15) is 5.75 Å². The number of carbonyl (C=O) groups excluding carboxylic acids is 1. The molecule has 0 radical (unpaired) electrons. The number of carbonyl (C=O) groups is 1. The molecule has 0 aromatic carbocycles. The molecule has 1 aliphatic carbocycles. The van der Waals surface area contributed by atoms with Crippen LogP contribution in [0.5, 0.6) is 5.75 Å². The standard InChI is InChI=1S/C17H20N2O3S/c1-22-15-7-13(8-18-9-15)17(12-5-14(20)6-12)19-16(21)4-11-2-3-23-10-11/h2-3,7-10,12,14,17,20H,4-6H2,1H3,(H,19,21). The summed E-state index contributed by atoms with van der Waals surface area (Å²) in [5, 5.41) is 16.7. The lowest BCUT2D eigenvalue weighted by atomic mass is 9.75. The summed E-state index contributed by atoms with van der Waals surface area (Å²) < 4.78 is 5.22. The first-order chi connectivity index (χ1) is 11.2. The Bertz CT molecular complexity index is 654. The first-order valence-electron chi connectivity index (χ1n) is 7.63. The lowest BCUT2D eigenvalue weighted by molar-refractivity contribution is -0.122. The molecule has 0 spiro atoms. The van der Waals surface area contributed by atoms with E-state index in [1.54, 1.807) is 30.8 Å². The van der Waals surface area contributed by atoms with Crippen molar-refractivity contribution < 1.29 is 14.6 Å². The molecule has 1 amide bonds. The van der Waals surface area contributed by atoms with Crippen LogP contribution in [0, 0.1) is 5.92 Å². The van der Waals surface area contributed by atoms with Crippen LogP contribution in [0.1, 0.15) is 30.0 Å². The van der Waals surface area contributed by atoms with Crippen LogP contribution in [0.3, 0.4) is 0 Å². The minimum atomic E-state index is -0.269. The van der Waals surface area contributed by atoms with Gasteiger partial charge in [-0.1, -0.05) is 0 Å². The summed E-state index contributed by atoms with van der Waals surface area (Å²) in [5.41, 5.74) is 1.93. The van der Waals surface area contributed by atoms with Crippen molar-refractivity contribution >= 4 is 17.2 Å². The normalized spacial score (nSPS) is 21.3. The minimum Gasteiger partial charge on any atom is -0.495 e. The van der Waals surface area contributed by atoms with Gasteiger partial charge in [-0.25, -0.2) is 0 Å². The molecule has 2 aromatic rings. The summed E-state index contributed by atoms with van der Waals surface area (Å²) in [6.45, 7) is 0. The first-order valence-corrected chi connectivity index (χ1v) is 8.57. The van der Waals surface area contributed by atoms with Gasteiger partial charge in [-0.3, -0.25) is 9.78 Å². The van der Waals surface area contributed by atoms with Crippen molar-refractivity contribution in [3.05, 3.63) is 46.4 Å². The van der Waals surface area contributed by atoms with Gasteiger partial charge in [0.15, 0.2) is 0 Å². The van der Waals surface area contributed by atoms with Gasteiger partial charge in [-0.15, -0.1) is 0 Å². The van der Waals surface area contributed by atoms with Crippen LogP contribution in [-0.4, -0.2) is 29.2 Å². The second kappa shape index (κ2) is 7.10. The lowest BCUT2D eigenvalue weighted by Crippen LogP contribution is -2.41. The van der Waals surface area contributed by atoms with Crippen LogP contribution in [0.4, 0.5) is 0 Å².